The summed E-state index contributed by atoms with van der Waals surface area (Å²) in [5.74, 6) is 0.644. The summed E-state index contributed by atoms with van der Waals surface area (Å²) in [5.41, 5.74) is 1.03. The number of nitrogens with zero attached hydrogens (tertiary/aromatic N) is 2. The first-order chi connectivity index (χ1) is 8.01. The van der Waals surface area contributed by atoms with Crippen LogP contribution in [-0.4, -0.2) is 42.7 Å². The number of hydrogen-bond acceptors (Lipinski definition) is 6. The number of aromatic nitrogens is 2. The Morgan fingerprint density at radius 1 is 1.35 bits per heavy atom. The minimum Gasteiger partial charge on any atom is -0.313 e. The second-order valence-electron chi connectivity index (χ2n) is 3.63. The molecule has 1 rings (SSSR count). The lowest BCUT2D eigenvalue weighted by Gasteiger charge is -2.02. The summed E-state index contributed by atoms with van der Waals surface area (Å²) in [5, 5.41) is 3.80. The van der Waals surface area contributed by atoms with Crippen molar-refractivity contribution in [2.75, 3.05) is 24.3 Å². The first-order valence-corrected chi connectivity index (χ1v) is 8.38. The van der Waals surface area contributed by atoms with Gasteiger partial charge in [0.1, 0.15) is 9.84 Å². The minimum atomic E-state index is -2.90. The highest BCUT2D eigenvalue weighted by molar-refractivity contribution is 8.00. The molecule has 1 aromatic heterocycles. The van der Waals surface area contributed by atoms with Crippen LogP contribution >= 0.6 is 11.8 Å². The van der Waals surface area contributed by atoms with E-state index >= 15 is 0 Å². The van der Waals surface area contributed by atoms with Crippen molar-refractivity contribution in [3.05, 3.63) is 18.0 Å². The fraction of sp³-hybridized carbons (Fsp3) is 0.600. The van der Waals surface area contributed by atoms with E-state index in [1.165, 1.54) is 18.0 Å². The van der Waals surface area contributed by atoms with Crippen LogP contribution in [0.3, 0.4) is 0 Å². The van der Waals surface area contributed by atoms with Gasteiger partial charge in [0.25, 0.3) is 0 Å². The summed E-state index contributed by atoms with van der Waals surface area (Å²) in [7, 11) is -2.90. The maximum absolute atomic E-state index is 10.9. The van der Waals surface area contributed by atoms with Crippen LogP contribution in [0, 0.1) is 0 Å². The summed E-state index contributed by atoms with van der Waals surface area (Å²) in [4.78, 5) is 8.34. The molecule has 0 unspecified atom stereocenters. The first kappa shape index (κ1) is 14.4. The number of hydrogen-bond donors (Lipinski definition) is 1. The Morgan fingerprint density at radius 3 is 2.53 bits per heavy atom. The summed E-state index contributed by atoms with van der Waals surface area (Å²) < 4.78 is 21.9. The summed E-state index contributed by atoms with van der Waals surface area (Å²) >= 11 is 1.36. The molecule has 1 N–H and O–H groups in total. The molecule has 1 heterocycles. The van der Waals surface area contributed by atoms with Gasteiger partial charge in [0, 0.05) is 36.5 Å². The van der Waals surface area contributed by atoms with Gasteiger partial charge >= 0.3 is 0 Å². The summed E-state index contributed by atoms with van der Waals surface area (Å²) in [6, 6.07) is 0. The molecule has 1 aromatic rings. The van der Waals surface area contributed by atoms with Crippen LogP contribution in [0.5, 0.6) is 0 Å². The van der Waals surface area contributed by atoms with Crippen LogP contribution in [0.15, 0.2) is 17.6 Å². The molecule has 0 amide bonds. The summed E-state index contributed by atoms with van der Waals surface area (Å²) in [6.07, 6.45) is 4.75. The minimum absolute atomic E-state index is 0.153. The van der Waals surface area contributed by atoms with Gasteiger partial charge < -0.3 is 5.32 Å². The third-order valence-corrected chi connectivity index (χ3v) is 4.03. The van der Waals surface area contributed by atoms with Crippen molar-refractivity contribution in [3.8, 4) is 0 Å². The Bertz CT molecular complexity index is 431. The van der Waals surface area contributed by atoms with Gasteiger partial charge in [-0.05, 0) is 6.54 Å². The standard InChI is InChI=1S/C10H17N3O2S2/c1-3-11-6-9-7-12-10(13-8-9)16-4-5-17(2,14)15/h7-8,11H,3-6H2,1-2H3. The van der Waals surface area contributed by atoms with Crippen molar-refractivity contribution in [1.82, 2.24) is 15.3 Å². The molecule has 96 valence electrons. The Balaban J connectivity index is 2.40. The lowest BCUT2D eigenvalue weighted by atomic mass is 10.3. The Labute approximate surface area is 106 Å². The zero-order valence-electron chi connectivity index (χ0n) is 10.0. The predicted molar refractivity (Wildman–Crippen MR) is 69.8 cm³/mol. The highest BCUT2D eigenvalue weighted by Crippen LogP contribution is 2.12. The van der Waals surface area contributed by atoms with Gasteiger partial charge in [0.15, 0.2) is 5.16 Å². The van der Waals surface area contributed by atoms with Crippen molar-refractivity contribution in [1.29, 1.82) is 0 Å². The molecular weight excluding hydrogens is 258 g/mol. The van der Waals surface area contributed by atoms with Crippen LogP contribution < -0.4 is 5.32 Å². The number of thioether (sulfide) groups is 1. The van der Waals surface area contributed by atoms with Crippen molar-refractivity contribution < 1.29 is 8.42 Å². The molecule has 0 bridgehead atoms. The van der Waals surface area contributed by atoms with Gasteiger partial charge in [-0.2, -0.15) is 0 Å². The van der Waals surface area contributed by atoms with E-state index in [-0.39, 0.29) is 5.75 Å². The fourth-order valence-corrected chi connectivity index (χ4v) is 3.04. The maximum Gasteiger partial charge on any atom is 0.187 e. The zero-order chi connectivity index (χ0) is 12.7. The quantitative estimate of drug-likeness (QED) is 0.584. The highest BCUT2D eigenvalue weighted by atomic mass is 32.2. The molecule has 17 heavy (non-hydrogen) atoms. The average Bonchev–Trinajstić information content (AvgIpc) is 2.26. The van der Waals surface area contributed by atoms with Gasteiger partial charge in [-0.1, -0.05) is 18.7 Å². The van der Waals surface area contributed by atoms with E-state index in [0.717, 1.165) is 18.7 Å². The Morgan fingerprint density at radius 2 is 2.00 bits per heavy atom. The third kappa shape index (κ3) is 6.60. The molecule has 0 fully saturated rings. The summed E-state index contributed by atoms with van der Waals surface area (Å²) in [6.45, 7) is 3.70. The van der Waals surface area contributed by atoms with E-state index in [1.807, 2.05) is 6.92 Å². The van der Waals surface area contributed by atoms with Gasteiger partial charge in [0.05, 0.1) is 5.75 Å². The lowest BCUT2D eigenvalue weighted by Crippen LogP contribution is -2.12. The van der Waals surface area contributed by atoms with E-state index in [0.29, 0.717) is 10.9 Å². The van der Waals surface area contributed by atoms with E-state index in [9.17, 15) is 8.42 Å². The molecule has 0 aliphatic heterocycles. The lowest BCUT2D eigenvalue weighted by molar-refractivity contribution is 0.603. The molecule has 0 atom stereocenters. The Kier molecular flexibility index (Phi) is 5.87. The van der Waals surface area contributed by atoms with E-state index in [1.54, 1.807) is 12.4 Å². The largest absolute Gasteiger partial charge is 0.313 e. The fourth-order valence-electron chi connectivity index (χ4n) is 1.06. The second-order valence-corrected chi connectivity index (χ2v) is 6.95. The molecule has 0 saturated heterocycles. The van der Waals surface area contributed by atoms with E-state index in [2.05, 4.69) is 15.3 Å². The average molecular weight is 275 g/mol. The maximum atomic E-state index is 10.9. The van der Waals surface area contributed by atoms with Crippen LogP contribution in [0.1, 0.15) is 12.5 Å². The number of sulfone groups is 1. The number of rotatable bonds is 7. The van der Waals surface area contributed by atoms with Crippen molar-refractivity contribution in [2.24, 2.45) is 0 Å². The highest BCUT2D eigenvalue weighted by Gasteiger charge is 2.04. The molecule has 5 nitrogen and oxygen atoms in total. The van der Waals surface area contributed by atoms with Gasteiger partial charge in [0.2, 0.25) is 0 Å². The van der Waals surface area contributed by atoms with Crippen LogP contribution in [0.4, 0.5) is 0 Å². The van der Waals surface area contributed by atoms with E-state index in [4.69, 9.17) is 0 Å². The molecule has 0 radical (unpaired) electrons. The Hall–Kier alpha value is -0.660. The molecular formula is C10H17N3O2S2. The molecule has 0 saturated carbocycles. The predicted octanol–water partition coefficient (Wildman–Crippen LogP) is 0.723. The normalized spacial score (nSPS) is 11.6. The van der Waals surface area contributed by atoms with Crippen LogP contribution in [-0.2, 0) is 16.4 Å². The van der Waals surface area contributed by atoms with Gasteiger partial charge in [-0.25, -0.2) is 18.4 Å². The first-order valence-electron chi connectivity index (χ1n) is 5.33. The zero-order valence-corrected chi connectivity index (χ0v) is 11.6. The topological polar surface area (TPSA) is 72.0 Å². The molecule has 0 aliphatic carbocycles. The van der Waals surface area contributed by atoms with Crippen LogP contribution in [0.2, 0.25) is 0 Å². The van der Waals surface area contributed by atoms with Crippen molar-refractivity contribution >= 4 is 21.6 Å². The number of nitrogens with one attached hydrogen (secondary N) is 1. The third-order valence-electron chi connectivity index (χ3n) is 1.95. The van der Waals surface area contributed by atoms with E-state index < -0.39 is 9.84 Å². The van der Waals surface area contributed by atoms with Crippen LogP contribution in [0.25, 0.3) is 0 Å². The van der Waals surface area contributed by atoms with Gasteiger partial charge in [-0.3, -0.25) is 0 Å². The smallest absolute Gasteiger partial charge is 0.187 e. The molecule has 0 spiro atoms. The molecule has 0 aromatic carbocycles. The SMILES string of the molecule is CCNCc1cnc(SCCS(C)(=O)=O)nc1. The van der Waals surface area contributed by atoms with Crippen molar-refractivity contribution in [3.63, 3.8) is 0 Å². The molecule has 0 aliphatic rings. The monoisotopic (exact) mass is 275 g/mol. The van der Waals surface area contributed by atoms with Crippen molar-refractivity contribution in [2.45, 2.75) is 18.6 Å². The van der Waals surface area contributed by atoms with Gasteiger partial charge in [-0.15, -0.1) is 0 Å². The molecule has 7 heteroatoms. The second kappa shape index (κ2) is 6.93.